The van der Waals surface area contributed by atoms with Crippen molar-refractivity contribution in [2.24, 2.45) is 11.8 Å². The minimum absolute atomic E-state index is 0.663. The van der Waals surface area contributed by atoms with Crippen molar-refractivity contribution >= 4 is 17.2 Å². The van der Waals surface area contributed by atoms with Crippen molar-refractivity contribution in [3.8, 4) is 11.4 Å². The quantitative estimate of drug-likeness (QED) is 0.591. The molecule has 0 radical (unpaired) electrons. The fraction of sp³-hybridized carbons (Fsp3) is 0.190. The summed E-state index contributed by atoms with van der Waals surface area (Å²) in [6.45, 7) is 2.09. The van der Waals surface area contributed by atoms with Gasteiger partial charge in [0.1, 0.15) is 5.82 Å². The molecule has 0 amide bonds. The minimum atomic E-state index is 0.663. The van der Waals surface area contributed by atoms with Gasteiger partial charge in [-0.3, -0.25) is 4.57 Å². The van der Waals surface area contributed by atoms with Crippen LogP contribution >= 0.6 is 0 Å². The number of para-hydroxylation sites is 2. The van der Waals surface area contributed by atoms with Crippen molar-refractivity contribution in [3.05, 3.63) is 72.8 Å². The standard InChI is InChI=1S/C21H20N2/c1-2-8-17-15-18(17)13-14-23-20-12-7-6-11-19(20)22-21(23)16-9-4-3-5-10-16/h2-14,17-18H,15H2,1H3/b8-2-,14-13+. The van der Waals surface area contributed by atoms with E-state index in [4.69, 9.17) is 4.98 Å². The molecule has 4 rings (SSSR count). The van der Waals surface area contributed by atoms with Gasteiger partial charge in [0.15, 0.2) is 0 Å². The van der Waals surface area contributed by atoms with Gasteiger partial charge < -0.3 is 0 Å². The Morgan fingerprint density at radius 3 is 2.52 bits per heavy atom. The van der Waals surface area contributed by atoms with E-state index in [0.29, 0.717) is 11.8 Å². The van der Waals surface area contributed by atoms with Gasteiger partial charge in [0.2, 0.25) is 0 Å². The van der Waals surface area contributed by atoms with E-state index in [1.165, 1.54) is 6.42 Å². The normalized spacial score (nSPS) is 20.7. The van der Waals surface area contributed by atoms with Crippen LogP contribution in [0.1, 0.15) is 13.3 Å². The summed E-state index contributed by atoms with van der Waals surface area (Å²) in [5.41, 5.74) is 3.34. The molecule has 0 bridgehead atoms. The maximum atomic E-state index is 4.83. The summed E-state index contributed by atoms with van der Waals surface area (Å²) in [6.07, 6.45) is 10.2. The van der Waals surface area contributed by atoms with Crippen LogP contribution in [-0.2, 0) is 0 Å². The average molecular weight is 300 g/mol. The largest absolute Gasteiger partial charge is 0.299 e. The molecule has 23 heavy (non-hydrogen) atoms. The van der Waals surface area contributed by atoms with Crippen LogP contribution in [0, 0.1) is 11.8 Å². The van der Waals surface area contributed by atoms with Gasteiger partial charge in [-0.05, 0) is 37.3 Å². The Labute approximate surface area is 136 Å². The van der Waals surface area contributed by atoms with E-state index in [-0.39, 0.29) is 0 Å². The summed E-state index contributed by atoms with van der Waals surface area (Å²) < 4.78 is 2.22. The van der Waals surface area contributed by atoms with Crippen LogP contribution in [-0.4, -0.2) is 9.55 Å². The summed E-state index contributed by atoms with van der Waals surface area (Å²) in [5, 5.41) is 0. The Balaban J connectivity index is 1.76. The van der Waals surface area contributed by atoms with Crippen LogP contribution in [0.4, 0.5) is 0 Å². The van der Waals surface area contributed by atoms with E-state index in [2.05, 4.69) is 78.4 Å². The van der Waals surface area contributed by atoms with Gasteiger partial charge in [-0.2, -0.15) is 0 Å². The van der Waals surface area contributed by atoms with Crippen LogP contribution in [0.5, 0.6) is 0 Å². The summed E-state index contributed by atoms with van der Waals surface area (Å²) in [5.74, 6) is 2.38. The van der Waals surface area contributed by atoms with Gasteiger partial charge in [0.05, 0.1) is 11.0 Å². The first-order valence-corrected chi connectivity index (χ1v) is 8.20. The second-order valence-corrected chi connectivity index (χ2v) is 6.09. The number of aromatic nitrogens is 2. The van der Waals surface area contributed by atoms with Crippen LogP contribution in [0.25, 0.3) is 28.6 Å². The zero-order valence-corrected chi connectivity index (χ0v) is 13.3. The maximum Gasteiger partial charge on any atom is 0.145 e. The van der Waals surface area contributed by atoms with Crippen molar-refractivity contribution in [1.29, 1.82) is 0 Å². The second-order valence-electron chi connectivity index (χ2n) is 6.09. The maximum absolute atomic E-state index is 4.83. The molecule has 2 unspecified atom stereocenters. The highest BCUT2D eigenvalue weighted by Gasteiger charge is 2.31. The first-order chi connectivity index (χ1) is 11.4. The van der Waals surface area contributed by atoms with E-state index in [1.807, 2.05) is 12.1 Å². The first-order valence-electron chi connectivity index (χ1n) is 8.20. The summed E-state index contributed by atoms with van der Waals surface area (Å²) in [7, 11) is 0. The molecule has 1 fully saturated rings. The van der Waals surface area contributed by atoms with E-state index < -0.39 is 0 Å². The Morgan fingerprint density at radius 1 is 0.957 bits per heavy atom. The predicted molar refractivity (Wildman–Crippen MR) is 96.9 cm³/mol. The minimum Gasteiger partial charge on any atom is -0.299 e. The van der Waals surface area contributed by atoms with E-state index in [1.54, 1.807) is 0 Å². The molecule has 114 valence electrons. The van der Waals surface area contributed by atoms with Crippen LogP contribution in [0.3, 0.4) is 0 Å². The van der Waals surface area contributed by atoms with Crippen LogP contribution < -0.4 is 0 Å². The third-order valence-electron chi connectivity index (χ3n) is 4.44. The molecule has 1 aromatic heterocycles. The molecule has 2 heteroatoms. The molecule has 3 aromatic rings. The molecule has 0 aliphatic heterocycles. The molecule has 1 aliphatic carbocycles. The third-order valence-corrected chi connectivity index (χ3v) is 4.44. The van der Waals surface area contributed by atoms with Gasteiger partial charge in [-0.1, -0.05) is 60.7 Å². The van der Waals surface area contributed by atoms with E-state index in [0.717, 1.165) is 22.4 Å². The monoisotopic (exact) mass is 300 g/mol. The summed E-state index contributed by atoms with van der Waals surface area (Å²) >= 11 is 0. The average Bonchev–Trinajstić information content (AvgIpc) is 3.23. The van der Waals surface area contributed by atoms with Crippen LogP contribution in [0.2, 0.25) is 0 Å². The highest BCUT2D eigenvalue weighted by atomic mass is 15.1. The number of hydrogen-bond donors (Lipinski definition) is 0. The van der Waals surface area contributed by atoms with Crippen molar-refractivity contribution in [1.82, 2.24) is 9.55 Å². The lowest BCUT2D eigenvalue weighted by Crippen LogP contribution is -1.91. The number of nitrogens with zero attached hydrogens (tertiary/aromatic N) is 2. The highest BCUT2D eigenvalue weighted by molar-refractivity contribution is 5.83. The fourth-order valence-corrected chi connectivity index (χ4v) is 3.11. The number of fused-ring (bicyclic) bond motifs is 1. The lowest BCUT2D eigenvalue weighted by Gasteiger charge is -2.03. The highest BCUT2D eigenvalue weighted by Crippen LogP contribution is 2.41. The Hall–Kier alpha value is -2.61. The van der Waals surface area contributed by atoms with Gasteiger partial charge in [-0.15, -0.1) is 0 Å². The summed E-state index contributed by atoms with van der Waals surface area (Å²) in [6, 6.07) is 18.7. The van der Waals surface area contributed by atoms with Gasteiger partial charge >= 0.3 is 0 Å². The molecule has 0 saturated heterocycles. The number of benzene rings is 2. The molecule has 2 atom stereocenters. The number of rotatable bonds is 4. The third kappa shape index (κ3) is 2.72. The molecular weight excluding hydrogens is 280 g/mol. The molecular formula is C21H20N2. The Bertz CT molecular complexity index is 871. The molecule has 1 aliphatic rings. The van der Waals surface area contributed by atoms with Crippen molar-refractivity contribution < 1.29 is 0 Å². The summed E-state index contributed by atoms with van der Waals surface area (Å²) in [4.78, 5) is 4.83. The lowest BCUT2D eigenvalue weighted by atomic mass is 10.2. The smallest absolute Gasteiger partial charge is 0.145 e. The van der Waals surface area contributed by atoms with Crippen molar-refractivity contribution in [2.75, 3.05) is 0 Å². The number of allylic oxidation sites excluding steroid dienone is 3. The first kappa shape index (κ1) is 14.0. The Kier molecular flexibility index (Phi) is 3.58. The van der Waals surface area contributed by atoms with Crippen molar-refractivity contribution in [3.63, 3.8) is 0 Å². The molecule has 2 aromatic carbocycles. The molecule has 2 nitrogen and oxygen atoms in total. The number of imidazole rings is 1. The predicted octanol–water partition coefficient (Wildman–Crippen LogP) is 5.39. The topological polar surface area (TPSA) is 17.8 Å². The van der Waals surface area contributed by atoms with Crippen LogP contribution in [0.15, 0.2) is 72.8 Å². The molecule has 1 heterocycles. The fourth-order valence-electron chi connectivity index (χ4n) is 3.11. The molecule has 1 saturated carbocycles. The Morgan fingerprint density at radius 2 is 1.70 bits per heavy atom. The van der Waals surface area contributed by atoms with Gasteiger partial charge in [0, 0.05) is 11.8 Å². The number of hydrogen-bond acceptors (Lipinski definition) is 1. The van der Waals surface area contributed by atoms with E-state index >= 15 is 0 Å². The second kappa shape index (κ2) is 5.88. The van der Waals surface area contributed by atoms with Crippen molar-refractivity contribution in [2.45, 2.75) is 13.3 Å². The SMILES string of the molecule is C/C=C\C1CC1/C=C/n1c(-c2ccccc2)nc2ccccc21. The zero-order chi connectivity index (χ0) is 15.6. The molecule has 0 spiro atoms. The lowest BCUT2D eigenvalue weighted by molar-refractivity contribution is 0.989. The zero-order valence-electron chi connectivity index (χ0n) is 13.3. The van der Waals surface area contributed by atoms with Gasteiger partial charge in [0.25, 0.3) is 0 Å². The molecule has 0 N–H and O–H groups in total. The van der Waals surface area contributed by atoms with Gasteiger partial charge in [-0.25, -0.2) is 4.98 Å². The van der Waals surface area contributed by atoms with E-state index in [9.17, 15) is 0 Å².